The standard InChI is InChI=1S/C36H40N4O8S/c1-46-25-13-16-28-30(18-25)37-29(23-10-6-5-7-11-23)20-32(28)48-26-19-31-33(41)38-36(34(42)39-49(44,45)27-14-15-27)21-24(36)12-8-3-2-4-9-17-47-35(43)40(31)22-26/h5-8,10-13,16,18,20,24,26-27,31H,2-4,9,14-15,17,19,21-22H2,1H3,(H,38,41)(H,39,42). The van der Waals surface area contributed by atoms with Crippen molar-refractivity contribution in [2.45, 2.75) is 74.3 Å². The van der Waals surface area contributed by atoms with Gasteiger partial charge in [0.1, 0.15) is 29.2 Å². The first kappa shape index (κ1) is 32.9. The molecule has 4 aliphatic rings. The molecular weight excluding hydrogens is 648 g/mol. The van der Waals surface area contributed by atoms with Crippen LogP contribution < -0.4 is 19.5 Å². The van der Waals surface area contributed by atoms with E-state index in [9.17, 15) is 22.8 Å². The molecule has 49 heavy (non-hydrogen) atoms. The van der Waals surface area contributed by atoms with Crippen LogP contribution in [0.1, 0.15) is 51.4 Å². The Bertz CT molecular complexity index is 1900. The predicted octanol–water partition coefficient (Wildman–Crippen LogP) is 4.48. The van der Waals surface area contributed by atoms with E-state index in [1.165, 1.54) is 4.90 Å². The van der Waals surface area contributed by atoms with Gasteiger partial charge in [0.25, 0.3) is 5.91 Å². The average Bonchev–Trinajstić information content (AvgIpc) is 4.02. The average molecular weight is 689 g/mol. The second kappa shape index (κ2) is 13.3. The van der Waals surface area contributed by atoms with Crippen LogP contribution in [0.25, 0.3) is 22.2 Å². The van der Waals surface area contributed by atoms with E-state index in [0.717, 1.165) is 30.2 Å². The number of ether oxygens (including phenoxy) is 3. The molecule has 4 atom stereocenters. The molecule has 258 valence electrons. The van der Waals surface area contributed by atoms with E-state index in [2.05, 4.69) is 10.0 Å². The number of allylic oxidation sites excluding steroid dienone is 1. The van der Waals surface area contributed by atoms with Gasteiger partial charge in [0.2, 0.25) is 15.9 Å². The van der Waals surface area contributed by atoms with Gasteiger partial charge in [-0.05, 0) is 57.1 Å². The molecule has 1 aromatic heterocycles. The van der Waals surface area contributed by atoms with Crippen molar-refractivity contribution in [1.29, 1.82) is 0 Å². The third kappa shape index (κ3) is 6.94. The van der Waals surface area contributed by atoms with Gasteiger partial charge >= 0.3 is 6.09 Å². The first-order chi connectivity index (χ1) is 23.7. The number of fused-ring (bicyclic) bond motifs is 3. The molecule has 0 spiro atoms. The fourth-order valence-corrected chi connectivity index (χ4v) is 8.04. The number of carbonyl (C=O) groups excluding carboxylic acids is 3. The van der Waals surface area contributed by atoms with Crippen LogP contribution in [0.4, 0.5) is 4.79 Å². The molecule has 3 fully saturated rings. The summed E-state index contributed by atoms with van der Waals surface area (Å²) in [6.07, 6.45) is 7.12. The maximum absolute atomic E-state index is 14.1. The maximum atomic E-state index is 14.1. The molecule has 4 unspecified atom stereocenters. The first-order valence-electron chi connectivity index (χ1n) is 16.9. The summed E-state index contributed by atoms with van der Waals surface area (Å²) >= 11 is 0. The van der Waals surface area contributed by atoms with Crippen molar-refractivity contribution in [1.82, 2.24) is 19.9 Å². The second-order valence-corrected chi connectivity index (χ2v) is 15.2. The van der Waals surface area contributed by atoms with Crippen LogP contribution in [-0.2, 0) is 24.3 Å². The normalized spacial score (nSPS) is 26.0. The maximum Gasteiger partial charge on any atom is 0.410 e. The Balaban J connectivity index is 1.18. The zero-order valence-corrected chi connectivity index (χ0v) is 28.1. The summed E-state index contributed by atoms with van der Waals surface area (Å²) < 4.78 is 45.3. The van der Waals surface area contributed by atoms with Gasteiger partial charge in [0.05, 0.1) is 36.7 Å². The number of benzene rings is 2. The van der Waals surface area contributed by atoms with E-state index < -0.39 is 50.9 Å². The topological polar surface area (TPSA) is 153 Å². The quantitative estimate of drug-likeness (QED) is 0.342. The van der Waals surface area contributed by atoms with Crippen LogP contribution in [0.2, 0.25) is 0 Å². The fraction of sp³-hybridized carbons (Fsp3) is 0.444. The van der Waals surface area contributed by atoms with Crippen molar-refractivity contribution in [2.75, 3.05) is 20.3 Å². The lowest BCUT2D eigenvalue weighted by atomic mass is 10.1. The van der Waals surface area contributed by atoms with Gasteiger partial charge in [-0.3, -0.25) is 19.2 Å². The van der Waals surface area contributed by atoms with Crippen LogP contribution in [0.3, 0.4) is 0 Å². The van der Waals surface area contributed by atoms with E-state index in [4.69, 9.17) is 19.2 Å². The zero-order valence-electron chi connectivity index (χ0n) is 27.3. The number of rotatable bonds is 7. The van der Waals surface area contributed by atoms with Crippen LogP contribution in [-0.4, -0.2) is 79.4 Å². The second-order valence-electron chi connectivity index (χ2n) is 13.2. The molecule has 1 saturated heterocycles. The Kier molecular flexibility index (Phi) is 8.95. The molecule has 3 aromatic rings. The minimum Gasteiger partial charge on any atom is -0.497 e. The summed E-state index contributed by atoms with van der Waals surface area (Å²) in [7, 11) is -2.25. The van der Waals surface area contributed by atoms with E-state index in [1.807, 2.05) is 66.7 Å². The Labute approximate surface area is 285 Å². The molecule has 2 N–H and O–H groups in total. The molecule has 0 bridgehead atoms. The Hall–Kier alpha value is -4.65. The lowest BCUT2D eigenvalue weighted by Gasteiger charge is -2.26. The van der Waals surface area contributed by atoms with Gasteiger partial charge in [0, 0.05) is 35.4 Å². The number of aromatic nitrogens is 1. The molecule has 13 heteroatoms. The number of hydrogen-bond donors (Lipinski definition) is 2. The predicted molar refractivity (Wildman–Crippen MR) is 181 cm³/mol. The number of nitrogens with zero attached hydrogens (tertiary/aromatic N) is 2. The number of amides is 3. The number of cyclic esters (lactones) is 1. The van der Waals surface area contributed by atoms with Crippen molar-refractivity contribution >= 4 is 38.8 Å². The first-order valence-corrected chi connectivity index (χ1v) is 18.4. The van der Waals surface area contributed by atoms with Gasteiger partial charge in [-0.15, -0.1) is 0 Å². The molecular formula is C36H40N4O8S. The lowest BCUT2D eigenvalue weighted by molar-refractivity contribution is -0.131. The number of pyridine rings is 1. The molecule has 2 aliphatic heterocycles. The van der Waals surface area contributed by atoms with Crippen molar-refractivity contribution in [3.63, 3.8) is 0 Å². The van der Waals surface area contributed by atoms with Gasteiger partial charge in [-0.1, -0.05) is 42.5 Å². The highest BCUT2D eigenvalue weighted by atomic mass is 32.2. The van der Waals surface area contributed by atoms with E-state index >= 15 is 0 Å². The number of nitrogens with one attached hydrogen (secondary N) is 2. The largest absolute Gasteiger partial charge is 0.497 e. The van der Waals surface area contributed by atoms with Crippen molar-refractivity contribution < 1.29 is 37.0 Å². The SMILES string of the molecule is COc1ccc2c(OC3CC4C(=O)NC5(C(=O)NS(=O)(=O)C6CC6)CC5C=CCCCCCOC(=O)N4C3)cc(-c3ccccc3)nc2c1. The number of carbonyl (C=O) groups is 3. The van der Waals surface area contributed by atoms with Crippen LogP contribution in [0.15, 0.2) is 66.7 Å². The molecule has 3 heterocycles. The molecule has 0 radical (unpaired) electrons. The summed E-state index contributed by atoms with van der Waals surface area (Å²) in [6, 6.07) is 16.0. The Morgan fingerprint density at radius 2 is 1.90 bits per heavy atom. The summed E-state index contributed by atoms with van der Waals surface area (Å²) in [5.41, 5.74) is 0.792. The van der Waals surface area contributed by atoms with Gasteiger partial charge in [-0.25, -0.2) is 18.2 Å². The third-order valence-corrected chi connectivity index (χ3v) is 11.5. The van der Waals surface area contributed by atoms with Crippen LogP contribution >= 0.6 is 0 Å². The summed E-state index contributed by atoms with van der Waals surface area (Å²) in [6.45, 7) is 0.278. The molecule has 12 nitrogen and oxygen atoms in total. The molecule has 3 amide bonds. The Morgan fingerprint density at radius 1 is 1.08 bits per heavy atom. The van der Waals surface area contributed by atoms with Gasteiger partial charge < -0.3 is 19.5 Å². The van der Waals surface area contributed by atoms with Gasteiger partial charge in [-0.2, -0.15) is 0 Å². The van der Waals surface area contributed by atoms with Crippen LogP contribution in [0.5, 0.6) is 11.5 Å². The highest BCUT2D eigenvalue weighted by Crippen LogP contribution is 2.46. The monoisotopic (exact) mass is 688 g/mol. The lowest BCUT2D eigenvalue weighted by Crippen LogP contribution is -2.56. The van der Waals surface area contributed by atoms with Gasteiger partial charge in [0.15, 0.2) is 0 Å². The highest BCUT2D eigenvalue weighted by molar-refractivity contribution is 7.91. The summed E-state index contributed by atoms with van der Waals surface area (Å²) in [4.78, 5) is 47.3. The summed E-state index contributed by atoms with van der Waals surface area (Å²) in [5.74, 6) is -0.526. The van der Waals surface area contributed by atoms with Crippen LogP contribution in [0, 0.1) is 5.92 Å². The fourth-order valence-electron chi connectivity index (χ4n) is 6.68. The highest BCUT2D eigenvalue weighted by Gasteiger charge is 2.62. The van der Waals surface area contributed by atoms with E-state index in [1.54, 1.807) is 7.11 Å². The summed E-state index contributed by atoms with van der Waals surface area (Å²) in [5, 5.41) is 3.01. The minimum atomic E-state index is -3.84. The van der Waals surface area contributed by atoms with E-state index in [0.29, 0.717) is 42.0 Å². The van der Waals surface area contributed by atoms with Crippen molar-refractivity contribution in [3.8, 4) is 22.8 Å². The smallest absolute Gasteiger partial charge is 0.410 e. The molecule has 2 aromatic carbocycles. The number of methoxy groups -OCH3 is 1. The zero-order chi connectivity index (χ0) is 34.2. The minimum absolute atomic E-state index is 0.0656. The number of hydrogen-bond acceptors (Lipinski definition) is 9. The molecule has 2 aliphatic carbocycles. The third-order valence-electron chi connectivity index (χ3n) is 9.72. The Morgan fingerprint density at radius 3 is 2.67 bits per heavy atom. The molecule has 2 saturated carbocycles. The van der Waals surface area contributed by atoms with E-state index in [-0.39, 0.29) is 31.9 Å². The van der Waals surface area contributed by atoms with Crippen molar-refractivity contribution in [2.24, 2.45) is 5.92 Å². The molecule has 7 rings (SSSR count). The van der Waals surface area contributed by atoms with Crippen molar-refractivity contribution in [3.05, 3.63) is 66.7 Å². The number of sulfonamides is 1.